The summed E-state index contributed by atoms with van der Waals surface area (Å²) >= 11 is 1.36. The maximum atomic E-state index is 11.7. The summed E-state index contributed by atoms with van der Waals surface area (Å²) in [6.45, 7) is 11.8. The lowest BCUT2D eigenvalue weighted by Gasteiger charge is -2.20. The van der Waals surface area contributed by atoms with Gasteiger partial charge in [-0.25, -0.2) is 4.68 Å². The van der Waals surface area contributed by atoms with Gasteiger partial charge in [-0.3, -0.25) is 4.79 Å². The molecule has 1 amide bonds. The number of thioether (sulfide) groups is 1. The van der Waals surface area contributed by atoms with Gasteiger partial charge in [-0.2, -0.15) is 0 Å². The lowest BCUT2D eigenvalue weighted by molar-refractivity contribution is -0.119. The maximum Gasteiger partial charge on any atom is 0.230 e. The molecule has 1 aromatic heterocycles. The number of amides is 1. The lowest BCUT2D eigenvalue weighted by Crippen LogP contribution is -2.38. The van der Waals surface area contributed by atoms with E-state index in [1.165, 1.54) is 11.8 Å². The minimum atomic E-state index is 0.0108. The minimum absolute atomic E-state index is 0.0108. The van der Waals surface area contributed by atoms with Crippen molar-refractivity contribution in [2.24, 2.45) is 0 Å². The highest BCUT2D eigenvalue weighted by atomic mass is 32.2. The van der Waals surface area contributed by atoms with Crippen LogP contribution in [0.3, 0.4) is 0 Å². The van der Waals surface area contributed by atoms with E-state index in [9.17, 15) is 4.79 Å². The molecule has 8 heteroatoms. The molecule has 1 atom stereocenters. The molecule has 21 heavy (non-hydrogen) atoms. The van der Waals surface area contributed by atoms with Crippen LogP contribution in [0.2, 0.25) is 0 Å². The first-order chi connectivity index (χ1) is 9.81. The van der Waals surface area contributed by atoms with Crippen LogP contribution in [0, 0.1) is 0 Å². The van der Waals surface area contributed by atoms with Gasteiger partial charge in [0.15, 0.2) is 0 Å². The van der Waals surface area contributed by atoms with Crippen molar-refractivity contribution in [2.75, 3.05) is 12.3 Å². The molecule has 2 N–H and O–H groups in total. The summed E-state index contributed by atoms with van der Waals surface area (Å²) in [5.74, 6) is 0.342. The third-order valence-corrected chi connectivity index (χ3v) is 3.79. The van der Waals surface area contributed by atoms with E-state index in [2.05, 4.69) is 46.9 Å². The Morgan fingerprint density at radius 2 is 2.14 bits per heavy atom. The average Bonchev–Trinajstić information content (AvgIpc) is 2.82. The number of hydrogen-bond acceptors (Lipinski definition) is 6. The zero-order valence-corrected chi connectivity index (χ0v) is 14.3. The van der Waals surface area contributed by atoms with E-state index in [-0.39, 0.29) is 17.5 Å². The van der Waals surface area contributed by atoms with E-state index < -0.39 is 0 Å². The van der Waals surface area contributed by atoms with Gasteiger partial charge in [-0.15, -0.1) is 5.10 Å². The van der Waals surface area contributed by atoms with Crippen LogP contribution in [0.25, 0.3) is 0 Å². The van der Waals surface area contributed by atoms with E-state index in [1.807, 2.05) is 13.8 Å². The summed E-state index contributed by atoms with van der Waals surface area (Å²) in [5.41, 5.74) is 0.0670. The van der Waals surface area contributed by atoms with Crippen molar-refractivity contribution in [3.05, 3.63) is 0 Å². The van der Waals surface area contributed by atoms with Gasteiger partial charge in [-0.05, 0) is 44.5 Å². The van der Waals surface area contributed by atoms with Gasteiger partial charge >= 0.3 is 0 Å². The second-order valence-electron chi connectivity index (χ2n) is 6.03. The number of tetrazole rings is 1. The molecule has 1 rings (SSSR count). The van der Waals surface area contributed by atoms with Gasteiger partial charge in [0.05, 0.1) is 12.3 Å². The molecule has 0 aromatic carbocycles. The Morgan fingerprint density at radius 3 is 2.76 bits per heavy atom. The minimum Gasteiger partial charge on any atom is -0.353 e. The number of rotatable bonds is 8. The monoisotopic (exact) mass is 314 g/mol. The zero-order valence-electron chi connectivity index (χ0n) is 13.5. The number of carbonyl (C=O) groups excluding carboxylic acids is 1. The summed E-state index contributed by atoms with van der Waals surface area (Å²) in [6.07, 6.45) is 0.923. The molecular formula is C13H26N6OS. The van der Waals surface area contributed by atoms with Crippen molar-refractivity contribution in [2.45, 2.75) is 64.3 Å². The summed E-state index contributed by atoms with van der Waals surface area (Å²) in [6, 6.07) is 0.199. The topological polar surface area (TPSA) is 84.7 Å². The molecule has 0 aliphatic carbocycles. The smallest absolute Gasteiger partial charge is 0.230 e. The third-order valence-electron chi connectivity index (χ3n) is 2.83. The van der Waals surface area contributed by atoms with E-state index in [0.29, 0.717) is 17.5 Å². The first-order valence-electron chi connectivity index (χ1n) is 7.25. The van der Waals surface area contributed by atoms with E-state index in [4.69, 9.17) is 0 Å². The Morgan fingerprint density at radius 1 is 1.43 bits per heavy atom. The van der Waals surface area contributed by atoms with Crippen molar-refractivity contribution >= 4 is 17.7 Å². The number of carbonyl (C=O) groups is 1. The predicted octanol–water partition coefficient (Wildman–Crippen LogP) is 1.07. The quantitative estimate of drug-likeness (QED) is 0.698. The molecule has 0 saturated heterocycles. The molecule has 1 aromatic rings. The van der Waals surface area contributed by atoms with E-state index in [0.717, 1.165) is 13.0 Å². The van der Waals surface area contributed by atoms with Crippen molar-refractivity contribution in [3.8, 4) is 0 Å². The number of aromatic nitrogens is 4. The Hall–Kier alpha value is -1.15. The van der Waals surface area contributed by atoms with Gasteiger partial charge in [-0.1, -0.05) is 18.7 Å². The second-order valence-corrected chi connectivity index (χ2v) is 6.97. The van der Waals surface area contributed by atoms with Crippen molar-refractivity contribution in [1.82, 2.24) is 30.8 Å². The Labute approximate surface area is 130 Å². The largest absolute Gasteiger partial charge is 0.353 e. The van der Waals surface area contributed by atoms with Crippen LogP contribution in [0.15, 0.2) is 5.16 Å². The van der Waals surface area contributed by atoms with Gasteiger partial charge in [0.1, 0.15) is 0 Å². The van der Waals surface area contributed by atoms with Gasteiger partial charge in [0.2, 0.25) is 11.1 Å². The van der Waals surface area contributed by atoms with Crippen LogP contribution in [0.1, 0.15) is 41.0 Å². The highest BCUT2D eigenvalue weighted by Gasteiger charge is 2.12. The van der Waals surface area contributed by atoms with Gasteiger partial charge < -0.3 is 10.6 Å². The fourth-order valence-electron chi connectivity index (χ4n) is 1.53. The summed E-state index contributed by atoms with van der Waals surface area (Å²) in [7, 11) is 0. The molecule has 7 nitrogen and oxygen atoms in total. The first kappa shape index (κ1) is 17.9. The van der Waals surface area contributed by atoms with Crippen LogP contribution in [-0.4, -0.2) is 50.0 Å². The summed E-state index contributed by atoms with van der Waals surface area (Å²) < 4.78 is 1.72. The number of hydrogen-bond donors (Lipinski definition) is 2. The van der Waals surface area contributed by atoms with Crippen LogP contribution in [0.5, 0.6) is 0 Å². The number of nitrogens with one attached hydrogen (secondary N) is 2. The summed E-state index contributed by atoms with van der Waals surface area (Å²) in [5, 5.41) is 18.6. The maximum absolute atomic E-state index is 11.7. The van der Waals surface area contributed by atoms with E-state index >= 15 is 0 Å². The average molecular weight is 314 g/mol. The second kappa shape index (κ2) is 8.33. The zero-order chi connectivity index (χ0) is 15.9. The SMILES string of the molecule is CCC(C)NC(=O)CSc1nnnn1CCNC(C)(C)C. The molecule has 0 spiro atoms. The molecule has 0 fully saturated rings. The fourth-order valence-corrected chi connectivity index (χ4v) is 2.24. The van der Waals surface area contributed by atoms with E-state index in [1.54, 1.807) is 4.68 Å². The molecule has 0 radical (unpaired) electrons. The standard InChI is InChI=1S/C13H26N6OS/c1-6-10(2)15-11(20)9-21-12-16-17-18-19(12)8-7-14-13(3,4)5/h10,14H,6-9H2,1-5H3,(H,15,20). The first-order valence-corrected chi connectivity index (χ1v) is 8.23. The van der Waals surface area contributed by atoms with Crippen LogP contribution in [-0.2, 0) is 11.3 Å². The molecule has 1 heterocycles. The molecule has 0 aliphatic heterocycles. The Bertz CT molecular complexity index is 442. The van der Waals surface area contributed by atoms with Crippen LogP contribution < -0.4 is 10.6 Å². The Kier molecular flexibility index (Phi) is 7.10. The van der Waals surface area contributed by atoms with Gasteiger partial charge in [0.25, 0.3) is 0 Å². The summed E-state index contributed by atoms with van der Waals surface area (Å²) in [4.78, 5) is 11.7. The van der Waals surface area contributed by atoms with Crippen LogP contribution in [0.4, 0.5) is 0 Å². The molecule has 1 unspecified atom stereocenters. The van der Waals surface area contributed by atoms with Crippen molar-refractivity contribution in [3.63, 3.8) is 0 Å². The molecular weight excluding hydrogens is 288 g/mol. The fraction of sp³-hybridized carbons (Fsp3) is 0.846. The number of nitrogens with zero attached hydrogens (tertiary/aromatic N) is 4. The highest BCUT2D eigenvalue weighted by Crippen LogP contribution is 2.13. The predicted molar refractivity (Wildman–Crippen MR) is 84.2 cm³/mol. The highest BCUT2D eigenvalue weighted by molar-refractivity contribution is 7.99. The molecule has 0 aliphatic rings. The molecule has 0 bridgehead atoms. The lowest BCUT2D eigenvalue weighted by atomic mass is 10.1. The normalized spacial score (nSPS) is 13.2. The van der Waals surface area contributed by atoms with Crippen molar-refractivity contribution in [1.29, 1.82) is 0 Å². The third kappa shape index (κ3) is 7.42. The molecule has 120 valence electrons. The van der Waals surface area contributed by atoms with Crippen LogP contribution >= 0.6 is 11.8 Å². The van der Waals surface area contributed by atoms with Gasteiger partial charge in [0, 0.05) is 18.1 Å². The Balaban J connectivity index is 2.39. The molecule has 0 saturated carbocycles. The van der Waals surface area contributed by atoms with Crippen molar-refractivity contribution < 1.29 is 4.79 Å².